The highest BCUT2D eigenvalue weighted by Crippen LogP contribution is 2.39. The van der Waals surface area contributed by atoms with E-state index in [0.29, 0.717) is 10.3 Å². The van der Waals surface area contributed by atoms with E-state index in [1.54, 1.807) is 0 Å². The van der Waals surface area contributed by atoms with Crippen molar-refractivity contribution in [3.8, 4) is 0 Å². The Labute approximate surface area is 243 Å². The lowest BCUT2D eigenvalue weighted by Crippen LogP contribution is -2.59. The van der Waals surface area contributed by atoms with Gasteiger partial charge in [0.2, 0.25) is 0 Å². The molecular weight excluding hydrogens is 592 g/mol. The van der Waals surface area contributed by atoms with Crippen LogP contribution in [0.1, 0.15) is 20.8 Å². The molecule has 0 spiro atoms. The van der Waals surface area contributed by atoms with Crippen LogP contribution in [0.3, 0.4) is 0 Å². The molecule has 5 N–H and O–H groups in total. The maximum absolute atomic E-state index is 11.5. The van der Waals surface area contributed by atoms with Gasteiger partial charge in [0.15, 0.2) is 22.5 Å². The number of esters is 3. The number of aliphatic imine (C=N–C) groups is 2. The second kappa shape index (κ2) is 15.3. The topological polar surface area (TPSA) is 225 Å². The zero-order chi connectivity index (χ0) is 30.3. The predicted octanol–water partition coefficient (Wildman–Crippen LogP) is -2.19. The fraction of sp³-hybridized carbons (Fsp3) is 0.773. The summed E-state index contributed by atoms with van der Waals surface area (Å²) in [7, 11) is 2.88. The van der Waals surface area contributed by atoms with Crippen LogP contribution in [0.2, 0.25) is 0 Å². The van der Waals surface area contributed by atoms with Crippen LogP contribution in [-0.4, -0.2) is 131 Å². The highest BCUT2D eigenvalue weighted by atomic mass is 32.2. The van der Waals surface area contributed by atoms with Crippen LogP contribution < -0.4 is 11.0 Å². The monoisotopic (exact) mass is 626 g/mol. The first kappa shape index (κ1) is 33.3. The van der Waals surface area contributed by atoms with E-state index in [2.05, 4.69) is 20.9 Å². The normalized spacial score (nSPS) is 35.4. The molecule has 4 aliphatic rings. The third-order valence-electron chi connectivity index (χ3n) is 5.88. The van der Waals surface area contributed by atoms with Crippen molar-refractivity contribution >= 4 is 51.8 Å². The summed E-state index contributed by atoms with van der Waals surface area (Å²) in [6.07, 6.45) is -5.60. The molecule has 10 atom stereocenters. The van der Waals surface area contributed by atoms with E-state index in [4.69, 9.17) is 38.5 Å². The average Bonchev–Trinajstić information content (AvgIpc) is 3.50. The van der Waals surface area contributed by atoms with Crippen molar-refractivity contribution in [1.82, 2.24) is 11.0 Å². The average molecular weight is 627 g/mol. The Morgan fingerprint density at radius 3 is 1.83 bits per heavy atom. The van der Waals surface area contributed by atoms with Crippen LogP contribution in [0.25, 0.3) is 0 Å². The predicted molar refractivity (Wildman–Crippen MR) is 142 cm³/mol. The van der Waals surface area contributed by atoms with Crippen molar-refractivity contribution in [3.05, 3.63) is 0 Å². The van der Waals surface area contributed by atoms with Crippen molar-refractivity contribution in [1.29, 1.82) is 0 Å². The van der Waals surface area contributed by atoms with Gasteiger partial charge in [-0.2, -0.15) is 0 Å². The number of carbonyl (C=O) groups is 3. The molecule has 2 saturated heterocycles. The fourth-order valence-electron chi connectivity index (χ4n) is 4.25. The number of hydrogen-bond acceptors (Lipinski definition) is 19. The van der Waals surface area contributed by atoms with Crippen molar-refractivity contribution in [2.45, 2.75) is 80.4 Å². The lowest BCUT2D eigenvalue weighted by Gasteiger charge is -2.41. The van der Waals surface area contributed by atoms with Gasteiger partial charge in [0.25, 0.3) is 0 Å². The molecule has 0 amide bonds. The largest absolute Gasteiger partial charge is 0.463 e. The smallest absolute Gasteiger partial charge is 0.303 e. The molecule has 0 unspecified atom stereocenters. The van der Waals surface area contributed by atoms with Gasteiger partial charge >= 0.3 is 17.9 Å². The first-order valence-corrected chi connectivity index (χ1v) is 14.1. The van der Waals surface area contributed by atoms with Gasteiger partial charge in [-0.3, -0.25) is 29.1 Å². The minimum Gasteiger partial charge on any atom is -0.463 e. The Morgan fingerprint density at radius 1 is 0.805 bits per heavy atom. The second-order valence-corrected chi connectivity index (χ2v) is 11.1. The summed E-state index contributed by atoms with van der Waals surface area (Å²) < 4.78 is 26.9. The quantitative estimate of drug-likeness (QED) is 0.115. The molecule has 4 aliphatic heterocycles. The molecule has 19 heteroatoms. The second-order valence-electron chi connectivity index (χ2n) is 8.90. The molecule has 0 saturated carbocycles. The number of aliphatic hydroxyl groups excluding tert-OH is 3. The highest BCUT2D eigenvalue weighted by Gasteiger charge is 2.53. The Hall–Kier alpha value is -2.23. The summed E-state index contributed by atoms with van der Waals surface area (Å²) in [4.78, 5) is 52.1. The van der Waals surface area contributed by atoms with Gasteiger partial charge in [-0.05, 0) is 0 Å². The van der Waals surface area contributed by atoms with Crippen LogP contribution in [0.5, 0.6) is 0 Å². The molecule has 4 heterocycles. The van der Waals surface area contributed by atoms with Crippen molar-refractivity contribution in [2.75, 3.05) is 27.4 Å². The number of rotatable bonds is 7. The number of nitrogens with one attached hydrogen (secondary N) is 2. The van der Waals surface area contributed by atoms with E-state index in [1.807, 2.05) is 0 Å². The Bertz CT molecular complexity index is 1000. The van der Waals surface area contributed by atoms with Gasteiger partial charge in [0, 0.05) is 20.8 Å². The summed E-state index contributed by atoms with van der Waals surface area (Å²) in [6.45, 7) is 3.24. The van der Waals surface area contributed by atoms with Crippen molar-refractivity contribution < 1.29 is 63.1 Å². The molecule has 0 radical (unpaired) electrons. The number of fused-ring (bicyclic) bond motifs is 2. The van der Waals surface area contributed by atoms with Gasteiger partial charge < -0.3 is 39.0 Å². The standard InChI is InChI=1S/C14H20N2O8S.C8H14N2O5S/c1-6(17)21-5-9-11(22-7(2)18)12(23-8(3)19)10-13(24-9)25-14(15-10)16-20-4;1-14-10-8-9-4-6(13)5(12)3(2-11)15-7(4)16-8/h9-13H,5H2,1-4H3,(H,15,16);3-7,11-13H,2H2,1H3,(H,9,10)/t9-,10-,11-,12-,13-;3-,4-,5-,6-,7-/m11/s1. The molecule has 17 nitrogen and oxygen atoms in total. The molecule has 2 fully saturated rings. The van der Waals surface area contributed by atoms with Crippen LogP contribution in [0.15, 0.2) is 9.98 Å². The Balaban J connectivity index is 0.000000248. The Morgan fingerprint density at radius 2 is 1.32 bits per heavy atom. The van der Waals surface area contributed by atoms with E-state index in [1.165, 1.54) is 58.5 Å². The van der Waals surface area contributed by atoms with Gasteiger partial charge in [0.1, 0.15) is 54.0 Å². The number of nitrogens with zero attached hydrogens (tertiary/aromatic N) is 2. The summed E-state index contributed by atoms with van der Waals surface area (Å²) in [6, 6.07) is -1.15. The van der Waals surface area contributed by atoms with Crippen LogP contribution in [-0.2, 0) is 47.7 Å². The lowest BCUT2D eigenvalue weighted by atomic mass is 9.98. The summed E-state index contributed by atoms with van der Waals surface area (Å²) in [5.41, 5.74) is 4.21. The van der Waals surface area contributed by atoms with E-state index >= 15 is 0 Å². The van der Waals surface area contributed by atoms with Crippen molar-refractivity contribution in [2.24, 2.45) is 9.98 Å². The molecule has 0 aromatic heterocycles. The molecule has 41 heavy (non-hydrogen) atoms. The van der Waals surface area contributed by atoms with Crippen LogP contribution in [0, 0.1) is 0 Å². The van der Waals surface area contributed by atoms with Gasteiger partial charge in [-0.1, -0.05) is 23.5 Å². The fourth-order valence-corrected chi connectivity index (χ4v) is 6.43. The molecule has 0 bridgehead atoms. The summed E-state index contributed by atoms with van der Waals surface area (Å²) >= 11 is 2.48. The first-order chi connectivity index (χ1) is 19.5. The van der Waals surface area contributed by atoms with Gasteiger partial charge in [-0.15, -0.1) is 0 Å². The minimum absolute atomic E-state index is 0.151. The molecule has 232 valence electrons. The molecule has 4 rings (SSSR count). The number of hydrogen-bond donors (Lipinski definition) is 5. The number of amidine groups is 2. The summed E-state index contributed by atoms with van der Waals surface area (Å²) in [5.74, 6) is -1.64. The number of aliphatic hydroxyl groups is 3. The summed E-state index contributed by atoms with van der Waals surface area (Å²) in [5, 5.41) is 29.3. The zero-order valence-electron chi connectivity index (χ0n) is 22.8. The van der Waals surface area contributed by atoms with E-state index in [-0.39, 0.29) is 13.2 Å². The third-order valence-corrected chi connectivity index (χ3v) is 7.95. The van der Waals surface area contributed by atoms with Gasteiger partial charge in [0.05, 0.1) is 20.8 Å². The maximum Gasteiger partial charge on any atom is 0.303 e. The molecular formula is C22H34N4O13S2. The van der Waals surface area contributed by atoms with E-state index in [0.717, 1.165) is 0 Å². The third kappa shape index (κ3) is 8.64. The Kier molecular flexibility index (Phi) is 12.4. The maximum atomic E-state index is 11.5. The number of hydroxylamine groups is 2. The number of thioether (sulfide) groups is 2. The number of carbonyl (C=O) groups excluding carboxylic acids is 3. The molecule has 0 aliphatic carbocycles. The van der Waals surface area contributed by atoms with Crippen LogP contribution >= 0.6 is 23.5 Å². The van der Waals surface area contributed by atoms with Crippen LogP contribution in [0.4, 0.5) is 0 Å². The first-order valence-electron chi connectivity index (χ1n) is 12.3. The highest BCUT2D eigenvalue weighted by molar-refractivity contribution is 8.14. The number of ether oxygens (including phenoxy) is 5. The zero-order valence-corrected chi connectivity index (χ0v) is 24.5. The van der Waals surface area contributed by atoms with E-state index < -0.39 is 77.5 Å². The van der Waals surface area contributed by atoms with E-state index in [9.17, 15) is 24.6 Å². The van der Waals surface area contributed by atoms with Gasteiger partial charge in [-0.25, -0.2) is 16.0 Å². The molecule has 0 aromatic rings. The minimum atomic E-state index is -1.13. The SMILES string of the molecule is CONC1=N[C@@H]2[C@@H](O)[C@H](O)[C@@H](CO)O[C@@H]2S1.CONC1=N[C@@H]2[C@@H](OC(C)=O)[C@H](OC(C)=O)[C@@H](COC(C)=O)O[C@@H]2S1. The molecule has 0 aromatic carbocycles. The lowest BCUT2D eigenvalue weighted by molar-refractivity contribution is -0.208. The van der Waals surface area contributed by atoms with Crippen molar-refractivity contribution in [3.63, 3.8) is 0 Å².